The van der Waals surface area contributed by atoms with Crippen LogP contribution >= 0.6 is 0 Å². The van der Waals surface area contributed by atoms with Crippen molar-refractivity contribution in [2.45, 2.75) is 72.8 Å². The summed E-state index contributed by atoms with van der Waals surface area (Å²) >= 11 is 0. The second kappa shape index (κ2) is 10.2. The van der Waals surface area contributed by atoms with Gasteiger partial charge in [0, 0.05) is 29.4 Å². The second-order valence-electron chi connectivity index (χ2n) is 10.9. The molecule has 0 aliphatic heterocycles. The maximum Gasteiger partial charge on any atom is 0.255 e. The number of hydrogen-bond donors (Lipinski definition) is 4. The Bertz CT molecular complexity index is 1370. The van der Waals surface area contributed by atoms with Gasteiger partial charge in [-0.15, -0.1) is 0 Å². The first kappa shape index (κ1) is 27.6. The molecule has 3 aliphatic rings. The molecule has 2 amide bonds. The lowest BCUT2D eigenvalue weighted by molar-refractivity contribution is -0.134. The number of carbonyl (C=O) groups excluding carboxylic acids is 2. The van der Waals surface area contributed by atoms with Crippen LogP contribution in [0.1, 0.15) is 55.3 Å². The Balaban J connectivity index is 1.28. The van der Waals surface area contributed by atoms with Crippen molar-refractivity contribution >= 4 is 27.3 Å². The molecule has 210 valence electrons. The number of aliphatic hydroxyl groups excluding tert-OH is 1. The van der Waals surface area contributed by atoms with E-state index in [1.54, 1.807) is 0 Å². The van der Waals surface area contributed by atoms with Gasteiger partial charge in [-0.1, -0.05) is 6.07 Å². The monoisotopic (exact) mass is 566 g/mol. The molecule has 3 fully saturated rings. The molecule has 4 N–H and O–H groups in total. The number of nitrogens with one attached hydrogen (secondary N) is 2. The molecule has 3 aliphatic carbocycles. The van der Waals surface area contributed by atoms with Crippen molar-refractivity contribution in [2.24, 2.45) is 11.8 Å². The predicted octanol–water partition coefficient (Wildman–Crippen LogP) is 3.08. The highest BCUT2D eigenvalue weighted by Crippen LogP contribution is 2.53. The van der Waals surface area contributed by atoms with Gasteiger partial charge in [0.05, 0.1) is 28.3 Å². The topological polar surface area (TPSA) is 133 Å². The normalized spacial score (nSPS) is 29.9. The number of halogens is 3. The molecule has 4 atom stereocenters. The van der Waals surface area contributed by atoms with Gasteiger partial charge in [0.25, 0.3) is 5.91 Å². The Morgan fingerprint density at radius 2 is 1.59 bits per heavy atom. The molecular formula is C27H29F3N2O6S. The van der Waals surface area contributed by atoms with Crippen molar-refractivity contribution in [1.29, 1.82) is 0 Å². The molecule has 2 bridgehead atoms. The van der Waals surface area contributed by atoms with Gasteiger partial charge in [0.2, 0.25) is 5.91 Å². The van der Waals surface area contributed by atoms with E-state index in [0.29, 0.717) is 37.8 Å². The number of amides is 2. The minimum Gasteiger partial charge on any atom is -0.393 e. The maximum atomic E-state index is 13.6. The summed E-state index contributed by atoms with van der Waals surface area (Å²) in [4.78, 5) is 25.1. The first-order valence-corrected chi connectivity index (χ1v) is 14.4. The first-order valence-electron chi connectivity index (χ1n) is 12.9. The van der Waals surface area contributed by atoms with E-state index in [-0.39, 0.29) is 59.2 Å². The van der Waals surface area contributed by atoms with E-state index < -0.39 is 50.2 Å². The van der Waals surface area contributed by atoms with Crippen molar-refractivity contribution in [3.8, 4) is 0 Å². The minimum atomic E-state index is -3.92. The lowest BCUT2D eigenvalue weighted by atomic mass is 9.72. The largest absolute Gasteiger partial charge is 0.393 e. The van der Waals surface area contributed by atoms with E-state index >= 15 is 0 Å². The molecule has 8 nitrogen and oxygen atoms in total. The third kappa shape index (κ3) is 5.29. The predicted molar refractivity (Wildman–Crippen MR) is 134 cm³/mol. The quantitative estimate of drug-likeness (QED) is 0.381. The molecule has 0 radical (unpaired) electrons. The Morgan fingerprint density at radius 3 is 2.18 bits per heavy atom. The van der Waals surface area contributed by atoms with Crippen LogP contribution in [0.3, 0.4) is 0 Å². The number of aliphatic hydroxyl groups is 2. The van der Waals surface area contributed by atoms with Crippen molar-refractivity contribution in [2.75, 3.05) is 5.32 Å². The van der Waals surface area contributed by atoms with Crippen molar-refractivity contribution in [1.82, 2.24) is 5.32 Å². The van der Waals surface area contributed by atoms with Gasteiger partial charge in [0.1, 0.15) is 0 Å². The number of fused-ring (bicyclic) bond motifs is 2. The van der Waals surface area contributed by atoms with Gasteiger partial charge < -0.3 is 20.8 Å². The molecular weight excluding hydrogens is 537 g/mol. The van der Waals surface area contributed by atoms with Gasteiger partial charge in [-0.05, 0) is 68.6 Å². The standard InChI is InChI=1S/C27H29F3N2O6S/c28-22-11-18(12-23(29)25(22)30)32-26(35)14-2-1-3-20(6-14)39(37,38)21-7-15-4-5-16(8-21)27(15,36)13-24(34)31-17-9-19(33)10-17/h1-3,6,11-12,15-17,19,21,33,36H,4-5,7-10,13H2,(H,31,34)(H,32,35)/t15-,16?,17-,19-,21-,27-/m0/s1. The fraction of sp³-hybridized carbons (Fsp3) is 0.481. The summed E-state index contributed by atoms with van der Waals surface area (Å²) in [6.45, 7) is 0. The Hall–Kier alpha value is -2.96. The van der Waals surface area contributed by atoms with Gasteiger partial charge >= 0.3 is 0 Å². The summed E-state index contributed by atoms with van der Waals surface area (Å²) < 4.78 is 67.4. The van der Waals surface area contributed by atoms with E-state index in [1.165, 1.54) is 24.3 Å². The highest BCUT2D eigenvalue weighted by Gasteiger charge is 2.56. The number of carbonyl (C=O) groups is 2. The van der Waals surface area contributed by atoms with Gasteiger partial charge in [0.15, 0.2) is 27.3 Å². The fourth-order valence-corrected chi connectivity index (χ4v) is 8.15. The van der Waals surface area contributed by atoms with Crippen LogP contribution in [0.5, 0.6) is 0 Å². The number of rotatable bonds is 7. The minimum absolute atomic E-state index is 0.0747. The molecule has 0 heterocycles. The Morgan fingerprint density at radius 1 is 0.974 bits per heavy atom. The fourth-order valence-electron chi connectivity index (χ4n) is 6.23. The zero-order valence-corrected chi connectivity index (χ0v) is 21.7. The molecule has 2 aromatic carbocycles. The molecule has 0 spiro atoms. The zero-order chi connectivity index (χ0) is 28.1. The lowest BCUT2D eigenvalue weighted by Crippen LogP contribution is -2.53. The van der Waals surface area contributed by atoms with Gasteiger partial charge in [-0.3, -0.25) is 9.59 Å². The maximum absolute atomic E-state index is 13.6. The molecule has 2 aromatic rings. The summed E-state index contributed by atoms with van der Waals surface area (Å²) in [5.74, 6) is -6.55. The number of hydrogen-bond acceptors (Lipinski definition) is 6. The van der Waals surface area contributed by atoms with Crippen LogP contribution in [0.2, 0.25) is 0 Å². The molecule has 5 rings (SSSR count). The van der Waals surface area contributed by atoms with Crippen molar-refractivity contribution in [3.63, 3.8) is 0 Å². The average molecular weight is 567 g/mol. The number of benzene rings is 2. The second-order valence-corrected chi connectivity index (χ2v) is 13.1. The van der Waals surface area contributed by atoms with Gasteiger partial charge in [-0.2, -0.15) is 0 Å². The SMILES string of the molecule is O=C(C[C@@]1(O)C2CC[C@H]1C[C@H](S(=O)(=O)c1cccc(C(=O)Nc3cc(F)c(F)c(F)c3)c1)C2)N[C@H]1C[C@H](O)C1. The lowest BCUT2D eigenvalue weighted by Gasteiger charge is -2.42. The van der Waals surface area contributed by atoms with Crippen molar-refractivity contribution in [3.05, 3.63) is 59.4 Å². The molecule has 12 heteroatoms. The Kier molecular flexibility index (Phi) is 7.23. The van der Waals surface area contributed by atoms with Crippen LogP contribution in [0.15, 0.2) is 41.3 Å². The van der Waals surface area contributed by atoms with Crippen LogP contribution < -0.4 is 10.6 Å². The summed E-state index contributed by atoms with van der Waals surface area (Å²) in [7, 11) is -3.92. The summed E-state index contributed by atoms with van der Waals surface area (Å²) in [5.41, 5.74) is -1.71. The Labute approximate surface area is 223 Å². The highest BCUT2D eigenvalue weighted by molar-refractivity contribution is 7.92. The molecule has 0 saturated heterocycles. The molecule has 39 heavy (non-hydrogen) atoms. The average Bonchev–Trinajstić information content (AvgIpc) is 3.02. The van der Waals surface area contributed by atoms with Crippen LogP contribution in [-0.2, 0) is 14.6 Å². The van der Waals surface area contributed by atoms with E-state index in [0.717, 1.165) is 0 Å². The summed E-state index contributed by atoms with van der Waals surface area (Å²) in [5, 5.41) is 25.1. The third-order valence-corrected chi connectivity index (χ3v) is 10.6. The first-order chi connectivity index (χ1) is 18.4. The number of anilines is 1. The van der Waals surface area contributed by atoms with Crippen LogP contribution in [0, 0.1) is 29.3 Å². The van der Waals surface area contributed by atoms with E-state index in [4.69, 9.17) is 0 Å². The molecule has 3 saturated carbocycles. The van der Waals surface area contributed by atoms with Crippen LogP contribution in [0.4, 0.5) is 18.9 Å². The smallest absolute Gasteiger partial charge is 0.255 e. The van der Waals surface area contributed by atoms with E-state index in [2.05, 4.69) is 10.6 Å². The van der Waals surface area contributed by atoms with E-state index in [9.17, 15) is 41.4 Å². The zero-order valence-electron chi connectivity index (χ0n) is 20.9. The van der Waals surface area contributed by atoms with E-state index in [1.807, 2.05) is 0 Å². The van der Waals surface area contributed by atoms with Gasteiger partial charge in [-0.25, -0.2) is 21.6 Å². The summed E-state index contributed by atoms with van der Waals surface area (Å²) in [6.07, 6.45) is 1.92. The number of sulfone groups is 1. The van der Waals surface area contributed by atoms with Crippen LogP contribution in [-0.4, -0.2) is 53.4 Å². The molecule has 1 unspecified atom stereocenters. The van der Waals surface area contributed by atoms with Crippen LogP contribution in [0.25, 0.3) is 0 Å². The van der Waals surface area contributed by atoms with Crippen molar-refractivity contribution < 1.29 is 41.4 Å². The molecule has 0 aromatic heterocycles. The summed E-state index contributed by atoms with van der Waals surface area (Å²) in [6, 6.07) is 6.36. The third-order valence-electron chi connectivity index (χ3n) is 8.40. The highest BCUT2D eigenvalue weighted by atomic mass is 32.2.